The van der Waals surface area contributed by atoms with Crippen molar-refractivity contribution in [1.82, 2.24) is 0 Å². The summed E-state index contributed by atoms with van der Waals surface area (Å²) in [4.78, 5) is 0.147. The third kappa shape index (κ3) is 4.02. The number of rotatable bonds is 5. The number of anilines is 1. The van der Waals surface area contributed by atoms with Crippen molar-refractivity contribution in [1.29, 1.82) is 0 Å². The third-order valence-corrected chi connectivity index (χ3v) is 3.57. The van der Waals surface area contributed by atoms with Gasteiger partial charge in [-0.15, -0.1) is 0 Å². The smallest absolute Gasteiger partial charge is 0.238 e. The van der Waals surface area contributed by atoms with Crippen molar-refractivity contribution < 1.29 is 8.42 Å². The molecule has 0 saturated carbocycles. The minimum absolute atomic E-state index is 0.147. The van der Waals surface area contributed by atoms with E-state index in [9.17, 15) is 8.42 Å². The number of hydrogen-bond acceptors (Lipinski definition) is 3. The van der Waals surface area contributed by atoms with Gasteiger partial charge >= 0.3 is 0 Å². The third-order valence-electron chi connectivity index (χ3n) is 2.66. The fraction of sp³-hybridized carbons (Fsp3) is 0.500. The van der Waals surface area contributed by atoms with E-state index in [4.69, 9.17) is 5.14 Å². The molecule has 1 aromatic carbocycles. The van der Waals surface area contributed by atoms with E-state index in [-0.39, 0.29) is 4.90 Å². The molecule has 96 valence electrons. The lowest BCUT2D eigenvalue weighted by Crippen LogP contribution is -2.17. The number of benzene rings is 1. The maximum atomic E-state index is 11.3. The van der Waals surface area contributed by atoms with Crippen molar-refractivity contribution in [3.8, 4) is 0 Å². The molecule has 0 amide bonds. The summed E-state index contributed by atoms with van der Waals surface area (Å²) in [5, 5.41) is 8.41. The summed E-state index contributed by atoms with van der Waals surface area (Å²) >= 11 is 0. The van der Waals surface area contributed by atoms with E-state index in [0.29, 0.717) is 6.04 Å². The second kappa shape index (κ2) is 5.51. The van der Waals surface area contributed by atoms with Gasteiger partial charge in [-0.05, 0) is 38.0 Å². The molecular weight excluding hydrogens is 236 g/mol. The number of hydrogen-bond donors (Lipinski definition) is 2. The van der Waals surface area contributed by atoms with E-state index in [1.807, 2.05) is 6.92 Å². The van der Waals surface area contributed by atoms with Gasteiger partial charge in [0.2, 0.25) is 10.0 Å². The van der Waals surface area contributed by atoms with Gasteiger partial charge in [0.25, 0.3) is 0 Å². The van der Waals surface area contributed by atoms with Crippen LogP contribution in [0.25, 0.3) is 0 Å². The molecule has 0 aliphatic heterocycles. The van der Waals surface area contributed by atoms with Crippen LogP contribution >= 0.6 is 0 Å². The molecule has 0 aromatic heterocycles. The van der Waals surface area contributed by atoms with Gasteiger partial charge in [-0.2, -0.15) is 0 Å². The van der Waals surface area contributed by atoms with Gasteiger partial charge in [-0.25, -0.2) is 13.6 Å². The van der Waals surface area contributed by atoms with Crippen LogP contribution in [0.1, 0.15) is 32.3 Å². The minimum atomic E-state index is -3.63. The summed E-state index contributed by atoms with van der Waals surface area (Å²) in [6.45, 7) is 6.13. The van der Waals surface area contributed by atoms with E-state index in [0.717, 1.165) is 24.1 Å². The summed E-state index contributed by atoms with van der Waals surface area (Å²) in [5.74, 6) is 0. The number of nitrogens with two attached hydrogens (primary N) is 1. The van der Waals surface area contributed by atoms with E-state index in [1.165, 1.54) is 6.07 Å². The van der Waals surface area contributed by atoms with Crippen molar-refractivity contribution in [2.24, 2.45) is 5.14 Å². The quantitative estimate of drug-likeness (QED) is 0.848. The molecule has 0 spiro atoms. The van der Waals surface area contributed by atoms with Crippen molar-refractivity contribution in [2.75, 3.05) is 5.32 Å². The van der Waals surface area contributed by atoms with Crippen LogP contribution in [-0.4, -0.2) is 14.5 Å². The molecule has 0 fully saturated rings. The van der Waals surface area contributed by atoms with Crippen LogP contribution in [-0.2, 0) is 10.0 Å². The highest BCUT2D eigenvalue weighted by Crippen LogP contribution is 2.20. The van der Waals surface area contributed by atoms with Gasteiger partial charge in [-0.3, -0.25) is 0 Å². The predicted molar refractivity (Wildman–Crippen MR) is 70.5 cm³/mol. The zero-order valence-corrected chi connectivity index (χ0v) is 11.3. The monoisotopic (exact) mass is 256 g/mol. The maximum absolute atomic E-state index is 11.3. The molecule has 4 nitrogen and oxygen atoms in total. The SMILES string of the molecule is CCCC(C)Nc1cc(S(N)(=O)=O)ccc1C. The Morgan fingerprint density at radius 1 is 1.41 bits per heavy atom. The number of nitrogens with one attached hydrogen (secondary N) is 1. The first kappa shape index (κ1) is 14.0. The molecule has 1 aromatic rings. The fourth-order valence-electron chi connectivity index (χ4n) is 1.70. The summed E-state index contributed by atoms with van der Waals surface area (Å²) in [6, 6.07) is 5.20. The second-order valence-electron chi connectivity index (χ2n) is 4.36. The highest BCUT2D eigenvalue weighted by molar-refractivity contribution is 7.89. The summed E-state index contributed by atoms with van der Waals surface area (Å²) in [5.41, 5.74) is 1.85. The van der Waals surface area contributed by atoms with Crippen LogP contribution < -0.4 is 10.5 Å². The average Bonchev–Trinajstić information content (AvgIpc) is 2.20. The lowest BCUT2D eigenvalue weighted by atomic mass is 10.1. The van der Waals surface area contributed by atoms with Gasteiger partial charge in [-0.1, -0.05) is 19.4 Å². The number of sulfonamides is 1. The Labute approximate surface area is 103 Å². The first-order valence-corrected chi connectivity index (χ1v) is 7.29. The van der Waals surface area contributed by atoms with Crippen LogP contribution in [0.4, 0.5) is 5.69 Å². The summed E-state index contributed by atoms with van der Waals surface area (Å²) in [6.07, 6.45) is 2.13. The summed E-state index contributed by atoms with van der Waals surface area (Å²) < 4.78 is 22.5. The van der Waals surface area contributed by atoms with Crippen molar-refractivity contribution in [3.05, 3.63) is 23.8 Å². The maximum Gasteiger partial charge on any atom is 0.238 e. The first-order chi connectivity index (χ1) is 7.84. The Kier molecular flexibility index (Phi) is 4.54. The molecule has 0 saturated heterocycles. The molecule has 1 atom stereocenters. The van der Waals surface area contributed by atoms with Gasteiger partial charge in [0.1, 0.15) is 0 Å². The largest absolute Gasteiger partial charge is 0.382 e. The molecule has 0 aliphatic carbocycles. The molecule has 5 heteroatoms. The predicted octanol–water partition coefficient (Wildman–Crippen LogP) is 2.24. The standard InChI is InChI=1S/C12H20N2O2S/c1-4-5-10(3)14-12-8-11(17(13,15)16)7-6-9(12)2/h6-8,10,14H,4-5H2,1-3H3,(H2,13,15,16). The van der Waals surface area contributed by atoms with Gasteiger partial charge in [0.15, 0.2) is 0 Å². The van der Waals surface area contributed by atoms with Gasteiger partial charge < -0.3 is 5.32 Å². The molecule has 1 rings (SSSR count). The Hall–Kier alpha value is -1.07. The summed E-state index contributed by atoms with van der Waals surface area (Å²) in [7, 11) is -3.63. The molecule has 0 aliphatic rings. The Balaban J connectivity index is 2.99. The van der Waals surface area contributed by atoms with Crippen LogP contribution in [0.2, 0.25) is 0 Å². The van der Waals surface area contributed by atoms with Gasteiger partial charge in [0.05, 0.1) is 4.90 Å². The molecular formula is C12H20N2O2S. The van der Waals surface area contributed by atoms with Gasteiger partial charge in [0, 0.05) is 11.7 Å². The highest BCUT2D eigenvalue weighted by atomic mass is 32.2. The molecule has 1 unspecified atom stereocenters. The Bertz CT molecular complexity index is 483. The Morgan fingerprint density at radius 2 is 2.06 bits per heavy atom. The normalized spacial score (nSPS) is 13.4. The molecule has 0 radical (unpaired) electrons. The van der Waals surface area contributed by atoms with Crippen molar-refractivity contribution in [3.63, 3.8) is 0 Å². The topological polar surface area (TPSA) is 72.2 Å². The zero-order chi connectivity index (χ0) is 13.1. The lowest BCUT2D eigenvalue weighted by molar-refractivity contribution is 0.597. The van der Waals surface area contributed by atoms with Crippen LogP contribution in [0.5, 0.6) is 0 Å². The number of aryl methyl sites for hydroxylation is 1. The molecule has 3 N–H and O–H groups in total. The molecule has 17 heavy (non-hydrogen) atoms. The lowest BCUT2D eigenvalue weighted by Gasteiger charge is -2.17. The average molecular weight is 256 g/mol. The van der Waals surface area contributed by atoms with Crippen LogP contribution in [0.15, 0.2) is 23.1 Å². The van der Waals surface area contributed by atoms with E-state index in [2.05, 4.69) is 19.2 Å². The number of primary sulfonamides is 1. The second-order valence-corrected chi connectivity index (χ2v) is 5.92. The zero-order valence-electron chi connectivity index (χ0n) is 10.5. The molecule has 0 heterocycles. The van der Waals surface area contributed by atoms with Crippen LogP contribution in [0, 0.1) is 6.92 Å². The fourth-order valence-corrected chi connectivity index (χ4v) is 2.24. The van der Waals surface area contributed by atoms with E-state index < -0.39 is 10.0 Å². The van der Waals surface area contributed by atoms with Crippen LogP contribution in [0.3, 0.4) is 0 Å². The minimum Gasteiger partial charge on any atom is -0.382 e. The first-order valence-electron chi connectivity index (χ1n) is 5.74. The van der Waals surface area contributed by atoms with Crippen molar-refractivity contribution >= 4 is 15.7 Å². The molecule has 0 bridgehead atoms. The van der Waals surface area contributed by atoms with E-state index >= 15 is 0 Å². The Morgan fingerprint density at radius 3 is 2.59 bits per heavy atom. The van der Waals surface area contributed by atoms with E-state index in [1.54, 1.807) is 12.1 Å². The highest BCUT2D eigenvalue weighted by Gasteiger charge is 2.11. The van der Waals surface area contributed by atoms with Crippen molar-refractivity contribution in [2.45, 2.75) is 44.6 Å².